The van der Waals surface area contributed by atoms with Gasteiger partial charge in [-0.3, -0.25) is 4.90 Å². The second-order valence-electron chi connectivity index (χ2n) is 8.01. The molecule has 0 bridgehead atoms. The first-order chi connectivity index (χ1) is 13.5. The molecule has 2 aliphatic heterocycles. The predicted octanol–water partition coefficient (Wildman–Crippen LogP) is 4.48. The van der Waals surface area contributed by atoms with Crippen LogP contribution in [0.5, 0.6) is 0 Å². The summed E-state index contributed by atoms with van der Waals surface area (Å²) in [6.07, 6.45) is 3.10. The second-order valence-corrected chi connectivity index (χ2v) is 8.01. The molecule has 1 N–H and O–H groups in total. The Labute approximate surface area is 164 Å². The number of rotatable bonds is 3. The van der Waals surface area contributed by atoms with Crippen LogP contribution in [0.15, 0.2) is 48.5 Å². The molecule has 2 aromatic rings. The van der Waals surface area contributed by atoms with Crippen molar-refractivity contribution in [3.63, 3.8) is 0 Å². The van der Waals surface area contributed by atoms with Crippen molar-refractivity contribution in [2.75, 3.05) is 31.5 Å². The molecule has 0 radical (unpaired) electrons. The lowest BCUT2D eigenvalue weighted by Gasteiger charge is -2.39. The number of piperidine rings is 1. The number of amides is 2. The van der Waals surface area contributed by atoms with E-state index in [9.17, 15) is 13.6 Å². The molecule has 28 heavy (non-hydrogen) atoms. The van der Waals surface area contributed by atoms with Gasteiger partial charge in [0.1, 0.15) is 11.6 Å². The van der Waals surface area contributed by atoms with Crippen molar-refractivity contribution in [2.45, 2.75) is 25.8 Å². The molecule has 2 aliphatic rings. The van der Waals surface area contributed by atoms with Crippen LogP contribution in [0.25, 0.3) is 0 Å². The standard InChI is InChI=1S/C22H25F2N3O/c23-18-4-6-20(7-5-18)25-21(28)27-13-10-22(16-27)8-11-26(12-9-22)15-17-2-1-3-19(24)14-17/h1-7,14H,8-13,15-16H2,(H,25,28). The van der Waals surface area contributed by atoms with Gasteiger partial charge in [-0.05, 0) is 79.7 Å². The van der Waals surface area contributed by atoms with E-state index in [1.54, 1.807) is 24.3 Å². The summed E-state index contributed by atoms with van der Waals surface area (Å²) < 4.78 is 26.4. The number of hydrogen-bond acceptors (Lipinski definition) is 2. The van der Waals surface area contributed by atoms with Crippen LogP contribution in [0.2, 0.25) is 0 Å². The highest BCUT2D eigenvalue weighted by molar-refractivity contribution is 5.89. The molecule has 0 atom stereocenters. The summed E-state index contributed by atoms with van der Waals surface area (Å²) in [5, 5.41) is 2.85. The number of carbonyl (C=O) groups excluding carboxylic acids is 1. The Morgan fingerprint density at radius 1 is 0.964 bits per heavy atom. The molecule has 148 valence electrons. The Bertz CT molecular complexity index is 832. The number of hydrogen-bond donors (Lipinski definition) is 1. The number of nitrogens with one attached hydrogen (secondary N) is 1. The SMILES string of the molecule is O=C(Nc1ccc(F)cc1)N1CCC2(CCN(Cc3cccc(F)c3)CC2)C1. The molecule has 0 unspecified atom stereocenters. The predicted molar refractivity (Wildman–Crippen MR) is 105 cm³/mol. The fraction of sp³-hybridized carbons (Fsp3) is 0.409. The molecule has 2 heterocycles. The third-order valence-corrected chi connectivity index (χ3v) is 6.03. The van der Waals surface area contributed by atoms with E-state index in [1.807, 2.05) is 11.0 Å². The third kappa shape index (κ3) is 4.33. The first-order valence-corrected chi connectivity index (χ1v) is 9.80. The molecule has 2 amide bonds. The van der Waals surface area contributed by atoms with Crippen LogP contribution in [0.4, 0.5) is 19.3 Å². The second kappa shape index (κ2) is 7.87. The lowest BCUT2D eigenvalue weighted by atomic mass is 9.77. The van der Waals surface area contributed by atoms with Crippen LogP contribution in [0, 0.1) is 17.0 Å². The largest absolute Gasteiger partial charge is 0.324 e. The average Bonchev–Trinajstić information content (AvgIpc) is 3.10. The fourth-order valence-corrected chi connectivity index (χ4v) is 4.33. The number of likely N-dealkylation sites (tertiary alicyclic amines) is 2. The van der Waals surface area contributed by atoms with Crippen molar-refractivity contribution < 1.29 is 13.6 Å². The highest BCUT2D eigenvalue weighted by Gasteiger charge is 2.42. The van der Waals surface area contributed by atoms with Gasteiger partial charge < -0.3 is 10.2 Å². The van der Waals surface area contributed by atoms with Gasteiger partial charge in [0.05, 0.1) is 0 Å². The van der Waals surface area contributed by atoms with Gasteiger partial charge in [0, 0.05) is 25.3 Å². The van der Waals surface area contributed by atoms with Crippen molar-refractivity contribution in [1.29, 1.82) is 0 Å². The monoisotopic (exact) mass is 385 g/mol. The van der Waals surface area contributed by atoms with Crippen LogP contribution in [-0.2, 0) is 6.54 Å². The van der Waals surface area contributed by atoms with Crippen LogP contribution >= 0.6 is 0 Å². The summed E-state index contributed by atoms with van der Waals surface area (Å²) in [4.78, 5) is 16.8. The molecular weight excluding hydrogens is 360 g/mol. The molecule has 0 aliphatic carbocycles. The van der Waals surface area contributed by atoms with Gasteiger partial charge >= 0.3 is 6.03 Å². The van der Waals surface area contributed by atoms with Gasteiger partial charge in [-0.15, -0.1) is 0 Å². The van der Waals surface area contributed by atoms with E-state index in [0.29, 0.717) is 5.69 Å². The van der Waals surface area contributed by atoms with E-state index < -0.39 is 0 Å². The van der Waals surface area contributed by atoms with Crippen LogP contribution < -0.4 is 5.32 Å². The Kier molecular flexibility index (Phi) is 5.31. The number of urea groups is 1. The van der Waals surface area contributed by atoms with Crippen molar-refractivity contribution in [2.24, 2.45) is 5.41 Å². The van der Waals surface area contributed by atoms with E-state index in [4.69, 9.17) is 0 Å². The zero-order chi connectivity index (χ0) is 19.6. The topological polar surface area (TPSA) is 35.6 Å². The molecule has 1 spiro atoms. The number of benzene rings is 2. The number of carbonyl (C=O) groups is 1. The molecule has 2 aromatic carbocycles. The Balaban J connectivity index is 1.29. The molecule has 4 rings (SSSR count). The third-order valence-electron chi connectivity index (χ3n) is 6.03. The zero-order valence-corrected chi connectivity index (χ0v) is 15.8. The summed E-state index contributed by atoms with van der Waals surface area (Å²) in [5.74, 6) is -0.507. The maximum Gasteiger partial charge on any atom is 0.321 e. The summed E-state index contributed by atoms with van der Waals surface area (Å²) in [5.41, 5.74) is 1.79. The van der Waals surface area contributed by atoms with E-state index in [1.165, 1.54) is 18.2 Å². The maximum atomic E-state index is 13.4. The van der Waals surface area contributed by atoms with Crippen molar-refractivity contribution >= 4 is 11.7 Å². The van der Waals surface area contributed by atoms with Crippen molar-refractivity contribution in [3.05, 3.63) is 65.7 Å². The smallest absolute Gasteiger partial charge is 0.321 e. The van der Waals surface area contributed by atoms with Crippen LogP contribution in [0.3, 0.4) is 0 Å². The summed E-state index contributed by atoms with van der Waals surface area (Å²) in [7, 11) is 0. The summed E-state index contributed by atoms with van der Waals surface area (Å²) in [6, 6.07) is 12.5. The Morgan fingerprint density at radius 3 is 2.39 bits per heavy atom. The van der Waals surface area contributed by atoms with E-state index >= 15 is 0 Å². The van der Waals surface area contributed by atoms with E-state index in [2.05, 4.69) is 10.2 Å². The number of nitrogens with zero attached hydrogens (tertiary/aromatic N) is 2. The molecule has 6 heteroatoms. The first-order valence-electron chi connectivity index (χ1n) is 9.80. The van der Waals surface area contributed by atoms with Gasteiger partial charge in [0.15, 0.2) is 0 Å². The average molecular weight is 385 g/mol. The molecule has 2 saturated heterocycles. The minimum absolute atomic E-state index is 0.120. The zero-order valence-electron chi connectivity index (χ0n) is 15.8. The minimum atomic E-state index is -0.317. The Hall–Kier alpha value is -2.47. The minimum Gasteiger partial charge on any atom is -0.324 e. The molecular formula is C22H25F2N3O. The first kappa shape index (κ1) is 18.9. The van der Waals surface area contributed by atoms with Gasteiger partial charge in [-0.2, -0.15) is 0 Å². The van der Waals surface area contributed by atoms with Crippen molar-refractivity contribution in [3.8, 4) is 0 Å². The van der Waals surface area contributed by atoms with Gasteiger partial charge in [0.25, 0.3) is 0 Å². The molecule has 4 nitrogen and oxygen atoms in total. The highest BCUT2D eigenvalue weighted by atomic mass is 19.1. The quantitative estimate of drug-likeness (QED) is 0.845. The molecule has 0 saturated carbocycles. The van der Waals surface area contributed by atoms with Gasteiger partial charge in [-0.25, -0.2) is 13.6 Å². The number of halogens is 2. The summed E-state index contributed by atoms with van der Waals surface area (Å²) in [6.45, 7) is 4.20. The molecule has 0 aromatic heterocycles. The van der Waals surface area contributed by atoms with Gasteiger partial charge in [0.2, 0.25) is 0 Å². The highest BCUT2D eigenvalue weighted by Crippen LogP contribution is 2.40. The van der Waals surface area contributed by atoms with Crippen molar-refractivity contribution in [1.82, 2.24) is 9.80 Å². The van der Waals surface area contributed by atoms with Crippen LogP contribution in [0.1, 0.15) is 24.8 Å². The Morgan fingerprint density at radius 2 is 1.68 bits per heavy atom. The van der Waals surface area contributed by atoms with E-state index in [-0.39, 0.29) is 23.1 Å². The van der Waals surface area contributed by atoms with Crippen LogP contribution in [-0.4, -0.2) is 42.0 Å². The van der Waals surface area contributed by atoms with Gasteiger partial charge in [-0.1, -0.05) is 12.1 Å². The molecule has 2 fully saturated rings. The fourth-order valence-electron chi connectivity index (χ4n) is 4.33. The summed E-state index contributed by atoms with van der Waals surface area (Å²) >= 11 is 0. The lowest BCUT2D eigenvalue weighted by molar-refractivity contribution is 0.106. The normalized spacial score (nSPS) is 19.1. The lowest BCUT2D eigenvalue weighted by Crippen LogP contribution is -2.42. The maximum absolute atomic E-state index is 13.4. The number of anilines is 1. The van der Waals surface area contributed by atoms with E-state index in [0.717, 1.165) is 57.5 Å².